The minimum atomic E-state index is -0.607. The van der Waals surface area contributed by atoms with Crippen LogP contribution in [0.4, 0.5) is 5.69 Å². The number of alkyl halides is 1. The van der Waals surface area contributed by atoms with Gasteiger partial charge in [0.2, 0.25) is 5.91 Å². The maximum absolute atomic E-state index is 12.5. The van der Waals surface area contributed by atoms with Gasteiger partial charge in [0.25, 0.3) is 5.69 Å². The molecule has 0 spiro atoms. The Morgan fingerprint density at radius 3 is 2.62 bits per heavy atom. The van der Waals surface area contributed by atoms with Gasteiger partial charge in [-0.15, -0.1) is 11.8 Å². The zero-order valence-electron chi connectivity index (χ0n) is 13.0. The molecule has 1 aromatic carbocycles. The monoisotopic (exact) mass is 462 g/mol. The molecule has 0 N–H and O–H groups in total. The van der Waals surface area contributed by atoms with Crippen molar-refractivity contribution in [3.8, 4) is 0 Å². The number of amides is 1. The molecule has 9 heteroatoms. The molecule has 1 amide bonds. The molecule has 0 aromatic heterocycles. The number of halogens is 1. The van der Waals surface area contributed by atoms with Gasteiger partial charge in [0.05, 0.1) is 4.92 Å². The van der Waals surface area contributed by atoms with Crippen LogP contribution in [0.1, 0.15) is 19.4 Å². The Hall–Kier alpha value is -1.36. The highest BCUT2D eigenvalue weighted by Crippen LogP contribution is 2.53. The Bertz CT molecular complexity index is 708. The number of nitro benzene ring substituents is 1. The number of carbonyl (C=O) groups is 2. The normalized spacial score (nSPS) is 27.4. The summed E-state index contributed by atoms with van der Waals surface area (Å²) in [5, 5.41) is 10.7. The highest BCUT2D eigenvalue weighted by molar-refractivity contribution is 14.1. The first-order valence-electron chi connectivity index (χ1n) is 7.26. The summed E-state index contributed by atoms with van der Waals surface area (Å²) >= 11 is 3.72. The van der Waals surface area contributed by atoms with Gasteiger partial charge in [0.15, 0.2) is 0 Å². The maximum atomic E-state index is 12.5. The molecule has 128 valence electrons. The van der Waals surface area contributed by atoms with Crippen LogP contribution in [-0.4, -0.2) is 41.8 Å². The number of hydrogen-bond donors (Lipinski definition) is 0. The van der Waals surface area contributed by atoms with E-state index < -0.39 is 21.7 Å². The van der Waals surface area contributed by atoms with Gasteiger partial charge < -0.3 is 9.64 Å². The fourth-order valence-electron chi connectivity index (χ4n) is 2.89. The van der Waals surface area contributed by atoms with Gasteiger partial charge in [-0.1, -0.05) is 22.6 Å². The van der Waals surface area contributed by atoms with E-state index in [-0.39, 0.29) is 27.5 Å². The Morgan fingerprint density at radius 1 is 1.42 bits per heavy atom. The summed E-state index contributed by atoms with van der Waals surface area (Å²) in [6, 6.07) is 5.24. The van der Waals surface area contributed by atoms with Gasteiger partial charge >= 0.3 is 5.97 Å². The number of hydrogen-bond acceptors (Lipinski definition) is 6. The van der Waals surface area contributed by atoms with Crippen LogP contribution in [0.5, 0.6) is 0 Å². The smallest absolute Gasteiger partial charge is 0.330 e. The average molecular weight is 462 g/mol. The largest absolute Gasteiger partial charge is 0.459 e. The fourth-order valence-corrected chi connectivity index (χ4v) is 5.54. The lowest BCUT2D eigenvalue weighted by molar-refractivity contribution is -0.384. The summed E-state index contributed by atoms with van der Waals surface area (Å²) < 4.78 is 4.86. The fraction of sp³-hybridized carbons (Fsp3) is 0.467. The minimum Gasteiger partial charge on any atom is -0.459 e. The van der Waals surface area contributed by atoms with Crippen molar-refractivity contribution in [2.75, 3.05) is 0 Å². The van der Waals surface area contributed by atoms with E-state index in [4.69, 9.17) is 4.74 Å². The van der Waals surface area contributed by atoms with E-state index in [2.05, 4.69) is 22.6 Å². The molecule has 3 rings (SSSR count). The SMILES string of the molecule is CC1(C)S[C@@H]2[C@@H](I)C(=O)N2[C@H]1C(=O)OCc1ccc([N+](=O)[O-])cc1. The maximum Gasteiger partial charge on any atom is 0.330 e. The highest BCUT2D eigenvalue weighted by atomic mass is 127. The van der Waals surface area contributed by atoms with Crippen LogP contribution in [0.25, 0.3) is 0 Å². The predicted octanol–water partition coefficient (Wildman–Crippen LogP) is 2.50. The van der Waals surface area contributed by atoms with Gasteiger partial charge in [-0.25, -0.2) is 4.79 Å². The zero-order chi connectivity index (χ0) is 17.6. The topological polar surface area (TPSA) is 89.8 Å². The van der Waals surface area contributed by atoms with Crippen molar-refractivity contribution in [2.24, 2.45) is 0 Å². The summed E-state index contributed by atoms with van der Waals surface area (Å²) in [7, 11) is 0. The first kappa shape index (κ1) is 17.5. The second kappa shape index (κ2) is 6.17. The van der Waals surface area contributed by atoms with Crippen LogP contribution >= 0.6 is 34.4 Å². The molecular formula is C15H15IN2O5S. The van der Waals surface area contributed by atoms with E-state index in [1.165, 1.54) is 12.1 Å². The highest BCUT2D eigenvalue weighted by Gasteiger charge is 2.63. The molecule has 2 aliphatic rings. The standard InChI is InChI=1S/C15H15IN2O5S/c1-15(2)11(17-12(19)10(16)13(17)24-15)14(20)23-7-8-3-5-9(6-4-8)18(21)22/h3-6,10-11,13H,7H2,1-2H3/t10-,11-,13+/m0/s1. The molecule has 24 heavy (non-hydrogen) atoms. The lowest BCUT2D eigenvalue weighted by Gasteiger charge is -2.41. The third kappa shape index (κ3) is 2.87. The average Bonchev–Trinajstić information content (AvgIpc) is 2.81. The van der Waals surface area contributed by atoms with Crippen molar-refractivity contribution in [3.05, 3.63) is 39.9 Å². The molecule has 7 nitrogen and oxygen atoms in total. The van der Waals surface area contributed by atoms with Crippen molar-refractivity contribution >= 4 is 51.9 Å². The van der Waals surface area contributed by atoms with Crippen LogP contribution in [0.15, 0.2) is 24.3 Å². The quantitative estimate of drug-likeness (QED) is 0.171. The van der Waals surface area contributed by atoms with Crippen molar-refractivity contribution in [3.63, 3.8) is 0 Å². The van der Waals surface area contributed by atoms with Gasteiger partial charge in [-0.05, 0) is 31.5 Å². The number of β-lactam (4-membered cyclic amide) rings is 1. The number of benzene rings is 1. The third-order valence-corrected chi connectivity index (χ3v) is 7.40. The molecule has 0 saturated carbocycles. The molecule has 2 saturated heterocycles. The number of thioether (sulfide) groups is 1. The van der Waals surface area contributed by atoms with E-state index in [0.717, 1.165) is 0 Å². The van der Waals surface area contributed by atoms with Crippen LogP contribution in [0, 0.1) is 10.1 Å². The van der Waals surface area contributed by atoms with Gasteiger partial charge in [-0.3, -0.25) is 14.9 Å². The second-order valence-corrected chi connectivity index (χ2v) is 9.31. The van der Waals surface area contributed by atoms with E-state index >= 15 is 0 Å². The van der Waals surface area contributed by atoms with Crippen molar-refractivity contribution in [2.45, 2.75) is 40.5 Å². The van der Waals surface area contributed by atoms with Crippen molar-refractivity contribution < 1.29 is 19.2 Å². The third-order valence-electron chi connectivity index (χ3n) is 4.13. The summed E-state index contributed by atoms with van der Waals surface area (Å²) in [6.45, 7) is 3.89. The molecule has 3 atom stereocenters. The first-order valence-corrected chi connectivity index (χ1v) is 9.39. The summed E-state index contributed by atoms with van der Waals surface area (Å²) in [4.78, 5) is 36.3. The minimum absolute atomic E-state index is 0.0134. The van der Waals surface area contributed by atoms with Crippen molar-refractivity contribution in [1.29, 1.82) is 0 Å². The number of nitro groups is 1. The van der Waals surface area contributed by atoms with E-state index in [9.17, 15) is 19.7 Å². The van der Waals surface area contributed by atoms with E-state index in [0.29, 0.717) is 5.56 Å². The number of ether oxygens (including phenoxy) is 1. The van der Waals surface area contributed by atoms with Gasteiger partial charge in [0.1, 0.15) is 21.9 Å². The number of non-ortho nitro benzene ring substituents is 1. The summed E-state index contributed by atoms with van der Waals surface area (Å²) in [5.74, 6) is -0.471. The molecule has 2 aliphatic heterocycles. The molecule has 0 radical (unpaired) electrons. The molecule has 0 aliphatic carbocycles. The number of nitrogens with zero attached hydrogens (tertiary/aromatic N) is 2. The van der Waals surface area contributed by atoms with Crippen LogP contribution in [0.2, 0.25) is 0 Å². The number of carbonyl (C=O) groups excluding carboxylic acids is 2. The number of rotatable bonds is 4. The van der Waals surface area contributed by atoms with Crippen LogP contribution < -0.4 is 0 Å². The first-order chi connectivity index (χ1) is 11.2. The molecule has 0 bridgehead atoms. The summed E-state index contributed by atoms with van der Waals surface area (Å²) in [5.41, 5.74) is 0.649. The van der Waals surface area contributed by atoms with Crippen LogP contribution in [-0.2, 0) is 20.9 Å². The Labute approximate surface area is 156 Å². The molecule has 2 heterocycles. The summed E-state index contributed by atoms with van der Waals surface area (Å²) in [6.07, 6.45) is 0. The molecule has 1 aromatic rings. The number of esters is 1. The zero-order valence-corrected chi connectivity index (χ0v) is 15.9. The molecule has 0 unspecified atom stereocenters. The lowest BCUT2D eigenvalue weighted by atomic mass is 9.98. The number of fused-ring (bicyclic) bond motifs is 1. The van der Waals surface area contributed by atoms with Crippen molar-refractivity contribution in [1.82, 2.24) is 4.90 Å². The molecule has 2 fully saturated rings. The second-order valence-electron chi connectivity index (χ2n) is 6.19. The Morgan fingerprint density at radius 2 is 2.04 bits per heavy atom. The van der Waals surface area contributed by atoms with Crippen LogP contribution in [0.3, 0.4) is 0 Å². The predicted molar refractivity (Wildman–Crippen MR) is 96.8 cm³/mol. The van der Waals surface area contributed by atoms with E-state index in [1.807, 2.05) is 13.8 Å². The molecular weight excluding hydrogens is 447 g/mol. The Balaban J connectivity index is 1.66. The van der Waals surface area contributed by atoms with Gasteiger partial charge in [0, 0.05) is 16.9 Å². The lowest BCUT2D eigenvalue weighted by Crippen LogP contribution is -2.63. The van der Waals surface area contributed by atoms with E-state index in [1.54, 1.807) is 28.8 Å². The Kier molecular flexibility index (Phi) is 4.49. The van der Waals surface area contributed by atoms with Gasteiger partial charge in [-0.2, -0.15) is 0 Å².